The van der Waals surface area contributed by atoms with E-state index in [1.54, 1.807) is 0 Å². The average molecular weight is 858 g/mol. The molecule has 0 unspecified atom stereocenters. The molecule has 0 saturated heterocycles. The fourth-order valence-electron chi connectivity index (χ4n) is 8.85. The minimum absolute atomic E-state index is 1.37. The number of unbranched alkanes of at least 4 members (excludes halogenated alkanes) is 47. The second-order valence-electron chi connectivity index (χ2n) is 20.3. The molecule has 0 aliphatic heterocycles. The van der Waals surface area contributed by atoms with Crippen LogP contribution >= 0.6 is 20.8 Å². The first-order chi connectivity index (χ1) is 26.8. The average Bonchev–Trinajstić information content (AvgIpc) is 3.15. The van der Waals surface area contributed by atoms with Gasteiger partial charge in [0.15, 0.2) is 0 Å². The molecule has 0 aromatic carbocycles. The summed E-state index contributed by atoms with van der Waals surface area (Å²) in [5.41, 5.74) is 0. The van der Waals surface area contributed by atoms with Crippen LogP contribution in [0.2, 0.25) is 0 Å². The summed E-state index contributed by atoms with van der Waals surface area (Å²) in [7, 11) is 0. The van der Waals surface area contributed by atoms with Crippen LogP contribution in [0, 0.1) is 0 Å². The molecular weight excluding hydrogens is 747 g/mol. The Bertz CT molecular complexity index is 685. The fraction of sp³-hybridized carbons (Fsp3) is 1.00. The number of hydrogen-bond donors (Lipinski definition) is 0. The first-order valence-corrected chi connectivity index (χ1v) is 32.3. The molecule has 0 N–H and O–H groups in total. The monoisotopic (exact) mass is 857 g/mol. The van der Waals surface area contributed by atoms with Crippen LogP contribution in [0.15, 0.2) is 0 Å². The fourth-order valence-corrected chi connectivity index (χ4v) is 10.9. The molecule has 2 heteroatoms. The van der Waals surface area contributed by atoms with E-state index in [1.165, 1.54) is 314 Å². The minimum atomic E-state index is -1.43. The summed E-state index contributed by atoms with van der Waals surface area (Å²) >= 11 is 4.00. The summed E-state index contributed by atoms with van der Waals surface area (Å²) in [6.07, 6.45) is 72.7. The maximum atomic E-state index is 4.00. The van der Waals surface area contributed by atoms with Gasteiger partial charge in [-0.25, -0.2) is 0 Å². The van der Waals surface area contributed by atoms with Gasteiger partial charge in [-0.3, -0.25) is 0 Å². The van der Waals surface area contributed by atoms with Crippen molar-refractivity contribution in [3.05, 3.63) is 0 Å². The molecule has 0 saturated carbocycles. The molecule has 334 valence electrons. The normalized spacial score (nSPS) is 12.8. The Kier molecular flexibility index (Phi) is 45.2. The number of hydrogen-bond acceptors (Lipinski definition) is 0. The van der Waals surface area contributed by atoms with Gasteiger partial charge in [0.1, 0.15) is 0 Å². The van der Waals surface area contributed by atoms with Crippen LogP contribution in [0.4, 0.5) is 0 Å². The Morgan fingerprint density at radius 2 is 0.309 bits per heavy atom. The molecule has 0 fully saturated rings. The Balaban J connectivity index is 3.08. The van der Waals surface area contributed by atoms with Gasteiger partial charge in [-0.05, 0) is 0 Å². The van der Waals surface area contributed by atoms with Gasteiger partial charge in [0.2, 0.25) is 0 Å². The van der Waals surface area contributed by atoms with Crippen LogP contribution in [0.5, 0.6) is 0 Å². The molecule has 0 rings (SSSR count). The summed E-state index contributed by atoms with van der Waals surface area (Å²) in [5, 5.41) is -1.43. The van der Waals surface area contributed by atoms with E-state index in [2.05, 4.69) is 42.4 Å². The molecule has 0 atom stereocenters. The van der Waals surface area contributed by atoms with Gasteiger partial charge in [-0.15, -0.1) is 0 Å². The Morgan fingerprint density at radius 1 is 0.200 bits per heavy atom. The third-order valence-electron chi connectivity index (χ3n) is 12.8. The van der Waals surface area contributed by atoms with Crippen molar-refractivity contribution in [2.75, 3.05) is 26.2 Å². The van der Waals surface area contributed by atoms with Crippen molar-refractivity contribution >= 4 is 20.8 Å². The molecule has 0 aliphatic rings. The molecule has 0 radical (unpaired) electrons. The first kappa shape index (κ1) is 55.9. The molecular formula is C53H110BrP. The molecule has 0 aromatic rings. The molecule has 0 heterocycles. The van der Waals surface area contributed by atoms with Gasteiger partial charge >= 0.3 is 118 Å². The summed E-state index contributed by atoms with van der Waals surface area (Å²) in [5.74, 6) is 0. The van der Waals surface area contributed by atoms with E-state index in [0.29, 0.717) is 0 Å². The molecule has 55 heavy (non-hydrogen) atoms. The van der Waals surface area contributed by atoms with Gasteiger partial charge in [-0.1, -0.05) is 244 Å². The molecule has 0 aliphatic carbocycles. The molecule has 0 aromatic heterocycles. The van der Waals surface area contributed by atoms with Crippen LogP contribution in [0.25, 0.3) is 0 Å². The van der Waals surface area contributed by atoms with Crippen LogP contribution < -0.4 is 0 Å². The van der Waals surface area contributed by atoms with Crippen molar-refractivity contribution in [3.8, 4) is 0 Å². The van der Waals surface area contributed by atoms with Crippen molar-refractivity contribution < 1.29 is 0 Å². The van der Waals surface area contributed by atoms with Crippen molar-refractivity contribution in [1.82, 2.24) is 0 Å². The number of halogens is 1. The van der Waals surface area contributed by atoms with E-state index >= 15 is 0 Å². The van der Waals surface area contributed by atoms with Gasteiger partial charge < -0.3 is 0 Å². The van der Waals surface area contributed by atoms with Crippen LogP contribution in [-0.2, 0) is 0 Å². The Morgan fingerprint density at radius 3 is 0.418 bits per heavy atom. The van der Waals surface area contributed by atoms with Crippen molar-refractivity contribution in [3.63, 3.8) is 0 Å². The van der Waals surface area contributed by atoms with E-state index in [9.17, 15) is 0 Å². The first-order valence-electron chi connectivity index (χ1n) is 26.5. The van der Waals surface area contributed by atoms with E-state index in [-0.39, 0.29) is 0 Å². The van der Waals surface area contributed by atoms with Gasteiger partial charge in [0, 0.05) is 0 Å². The van der Waals surface area contributed by atoms with Gasteiger partial charge in [0.25, 0.3) is 0 Å². The SMILES string of the molecule is CCCCCCCCCCCCCCCCCCCCCCCCCCCCCCCCCCCCCCCCCCCCCCCCCCP(C)(C)(C)Br. The third-order valence-corrected chi connectivity index (χ3v) is 15.7. The third kappa shape index (κ3) is 54.9. The predicted molar refractivity (Wildman–Crippen MR) is 266 cm³/mol. The summed E-state index contributed by atoms with van der Waals surface area (Å²) in [6, 6.07) is 0. The van der Waals surface area contributed by atoms with Crippen LogP contribution in [0.3, 0.4) is 0 Å². The zero-order valence-corrected chi connectivity index (χ0v) is 42.0. The second kappa shape index (κ2) is 44.5. The summed E-state index contributed by atoms with van der Waals surface area (Å²) in [4.78, 5) is 0. The van der Waals surface area contributed by atoms with Crippen LogP contribution in [-0.4, -0.2) is 26.2 Å². The zero-order chi connectivity index (χ0) is 40.1. The second-order valence-corrected chi connectivity index (χ2v) is 34.4. The standard InChI is InChI=1S/C53H110BrP/c1-5-6-7-8-9-10-11-12-13-14-15-16-17-18-19-20-21-22-23-24-25-26-27-28-29-30-31-32-33-34-35-36-37-38-39-40-41-42-43-44-45-46-47-48-49-50-51-52-53-55(2,3,4)54/h5-53H2,1-4H3. The Hall–Kier alpha value is 0.910. The van der Waals surface area contributed by atoms with Crippen molar-refractivity contribution in [2.24, 2.45) is 0 Å². The summed E-state index contributed by atoms with van der Waals surface area (Å²) < 4.78 is 0. The van der Waals surface area contributed by atoms with Crippen molar-refractivity contribution in [1.29, 1.82) is 0 Å². The Labute approximate surface area is 360 Å². The summed E-state index contributed by atoms with van der Waals surface area (Å²) in [6.45, 7) is 9.64. The van der Waals surface area contributed by atoms with E-state index < -0.39 is 5.31 Å². The molecule has 0 spiro atoms. The molecule has 0 nitrogen and oxygen atoms in total. The predicted octanol–water partition coefficient (Wildman–Crippen LogP) is 21.5. The van der Waals surface area contributed by atoms with E-state index in [1.807, 2.05) is 0 Å². The zero-order valence-electron chi connectivity index (χ0n) is 39.5. The quantitative estimate of drug-likeness (QED) is 0.0422. The van der Waals surface area contributed by atoms with Crippen molar-refractivity contribution in [2.45, 2.75) is 315 Å². The topological polar surface area (TPSA) is 0 Å². The maximum absolute atomic E-state index is 4.00. The van der Waals surface area contributed by atoms with Gasteiger partial charge in [0.05, 0.1) is 0 Å². The van der Waals surface area contributed by atoms with E-state index in [0.717, 1.165) is 0 Å². The van der Waals surface area contributed by atoms with Gasteiger partial charge in [-0.2, -0.15) is 0 Å². The number of rotatable bonds is 49. The molecule has 0 bridgehead atoms. The molecule has 0 amide bonds. The van der Waals surface area contributed by atoms with E-state index in [4.69, 9.17) is 0 Å². The van der Waals surface area contributed by atoms with Crippen LogP contribution in [0.1, 0.15) is 315 Å².